The third-order valence-electron chi connectivity index (χ3n) is 4.15. The van der Waals surface area contributed by atoms with Crippen LogP contribution in [-0.2, 0) is 0 Å². The molecule has 0 saturated heterocycles. The molecule has 0 heterocycles. The van der Waals surface area contributed by atoms with Crippen LogP contribution in [0.4, 0.5) is 0 Å². The number of ether oxygens (including phenoxy) is 1. The van der Waals surface area contributed by atoms with Crippen LogP contribution in [0, 0.1) is 5.92 Å². The van der Waals surface area contributed by atoms with Gasteiger partial charge in [-0.3, -0.25) is 0 Å². The van der Waals surface area contributed by atoms with Gasteiger partial charge in [-0.05, 0) is 75.7 Å². The maximum Gasteiger partial charge on any atom is 0.119 e. The Hall–Kier alpha value is -1.02. The zero-order chi connectivity index (χ0) is 14.4. The second-order valence-electron chi connectivity index (χ2n) is 6.24. The molecule has 2 unspecified atom stereocenters. The highest BCUT2D eigenvalue weighted by atomic mass is 16.5. The predicted molar refractivity (Wildman–Crippen MR) is 85.4 cm³/mol. The molecule has 0 amide bonds. The van der Waals surface area contributed by atoms with Crippen molar-refractivity contribution in [2.75, 3.05) is 13.1 Å². The zero-order valence-electron chi connectivity index (χ0n) is 13.2. The Kier molecular flexibility index (Phi) is 5.90. The fourth-order valence-electron chi connectivity index (χ4n) is 3.27. The number of rotatable bonds is 7. The standard InChI is InChI=1S/C18H29NO/c1-4-11-19-13-16-8-6-10-18(16)15-7-5-9-17(12-15)20-14(2)3/h5,7,9,12,14,16,18-19H,4,6,8,10-11,13H2,1-3H3. The highest BCUT2D eigenvalue weighted by Crippen LogP contribution is 2.40. The average molecular weight is 275 g/mol. The van der Waals surface area contributed by atoms with Crippen molar-refractivity contribution in [2.24, 2.45) is 5.92 Å². The van der Waals surface area contributed by atoms with E-state index in [4.69, 9.17) is 4.74 Å². The van der Waals surface area contributed by atoms with Crippen LogP contribution in [0.5, 0.6) is 5.75 Å². The Morgan fingerprint density at radius 1 is 1.30 bits per heavy atom. The largest absolute Gasteiger partial charge is 0.491 e. The molecule has 1 aliphatic rings. The number of benzene rings is 1. The van der Waals surface area contributed by atoms with Gasteiger partial charge in [-0.15, -0.1) is 0 Å². The van der Waals surface area contributed by atoms with Crippen molar-refractivity contribution in [3.63, 3.8) is 0 Å². The minimum Gasteiger partial charge on any atom is -0.491 e. The average Bonchev–Trinajstić information content (AvgIpc) is 2.87. The summed E-state index contributed by atoms with van der Waals surface area (Å²) in [6.07, 6.45) is 5.50. The van der Waals surface area contributed by atoms with Crippen molar-refractivity contribution in [3.05, 3.63) is 29.8 Å². The van der Waals surface area contributed by atoms with Gasteiger partial charge < -0.3 is 10.1 Å². The summed E-state index contributed by atoms with van der Waals surface area (Å²) in [6, 6.07) is 8.74. The summed E-state index contributed by atoms with van der Waals surface area (Å²) in [6.45, 7) is 8.69. The van der Waals surface area contributed by atoms with E-state index < -0.39 is 0 Å². The number of nitrogens with one attached hydrogen (secondary N) is 1. The topological polar surface area (TPSA) is 21.3 Å². The van der Waals surface area contributed by atoms with E-state index in [1.54, 1.807) is 0 Å². The van der Waals surface area contributed by atoms with Crippen LogP contribution >= 0.6 is 0 Å². The summed E-state index contributed by atoms with van der Waals surface area (Å²) in [4.78, 5) is 0. The summed E-state index contributed by atoms with van der Waals surface area (Å²) in [5.41, 5.74) is 1.46. The molecule has 20 heavy (non-hydrogen) atoms. The van der Waals surface area contributed by atoms with E-state index in [1.807, 2.05) is 0 Å². The van der Waals surface area contributed by atoms with Gasteiger partial charge in [0.15, 0.2) is 0 Å². The molecule has 1 fully saturated rings. The van der Waals surface area contributed by atoms with E-state index in [2.05, 4.69) is 50.4 Å². The lowest BCUT2D eigenvalue weighted by Crippen LogP contribution is -2.25. The molecule has 0 bridgehead atoms. The van der Waals surface area contributed by atoms with Crippen molar-refractivity contribution >= 4 is 0 Å². The van der Waals surface area contributed by atoms with E-state index in [1.165, 1.54) is 31.2 Å². The Morgan fingerprint density at radius 3 is 2.90 bits per heavy atom. The molecule has 2 heteroatoms. The van der Waals surface area contributed by atoms with Crippen LogP contribution in [-0.4, -0.2) is 19.2 Å². The Morgan fingerprint density at radius 2 is 2.15 bits per heavy atom. The monoisotopic (exact) mass is 275 g/mol. The Balaban J connectivity index is 2.01. The van der Waals surface area contributed by atoms with Gasteiger partial charge in [0, 0.05) is 0 Å². The maximum atomic E-state index is 5.83. The summed E-state index contributed by atoms with van der Waals surface area (Å²) >= 11 is 0. The van der Waals surface area contributed by atoms with Crippen LogP contribution in [0.2, 0.25) is 0 Å². The maximum absolute atomic E-state index is 5.83. The minimum absolute atomic E-state index is 0.246. The molecule has 1 aromatic carbocycles. The first-order valence-corrected chi connectivity index (χ1v) is 8.18. The van der Waals surface area contributed by atoms with Gasteiger partial charge in [0.1, 0.15) is 5.75 Å². The van der Waals surface area contributed by atoms with Crippen LogP contribution < -0.4 is 10.1 Å². The third kappa shape index (κ3) is 4.24. The molecule has 2 rings (SSSR count). The summed E-state index contributed by atoms with van der Waals surface area (Å²) < 4.78 is 5.83. The molecule has 1 saturated carbocycles. The summed E-state index contributed by atoms with van der Waals surface area (Å²) in [7, 11) is 0. The van der Waals surface area contributed by atoms with E-state index in [-0.39, 0.29) is 6.10 Å². The van der Waals surface area contributed by atoms with E-state index >= 15 is 0 Å². The lowest BCUT2D eigenvalue weighted by molar-refractivity contribution is 0.242. The molecular weight excluding hydrogens is 246 g/mol. The minimum atomic E-state index is 0.246. The van der Waals surface area contributed by atoms with Crippen molar-refractivity contribution in [1.82, 2.24) is 5.32 Å². The first-order chi connectivity index (χ1) is 9.70. The lowest BCUT2D eigenvalue weighted by Gasteiger charge is -2.21. The molecule has 0 aliphatic heterocycles. The fraction of sp³-hybridized carbons (Fsp3) is 0.667. The van der Waals surface area contributed by atoms with Gasteiger partial charge in [-0.2, -0.15) is 0 Å². The van der Waals surface area contributed by atoms with Crippen molar-refractivity contribution in [3.8, 4) is 5.75 Å². The highest BCUT2D eigenvalue weighted by molar-refractivity contribution is 5.32. The quantitative estimate of drug-likeness (QED) is 0.747. The van der Waals surface area contributed by atoms with Crippen LogP contribution in [0.1, 0.15) is 57.9 Å². The third-order valence-corrected chi connectivity index (χ3v) is 4.15. The van der Waals surface area contributed by atoms with Crippen molar-refractivity contribution in [1.29, 1.82) is 0 Å². The number of hydrogen-bond acceptors (Lipinski definition) is 2. The second-order valence-corrected chi connectivity index (χ2v) is 6.24. The molecule has 112 valence electrons. The molecule has 1 aromatic rings. The first kappa shape index (κ1) is 15.4. The van der Waals surface area contributed by atoms with E-state index in [9.17, 15) is 0 Å². The van der Waals surface area contributed by atoms with Gasteiger partial charge in [-0.25, -0.2) is 0 Å². The van der Waals surface area contributed by atoms with Crippen molar-refractivity contribution < 1.29 is 4.74 Å². The lowest BCUT2D eigenvalue weighted by atomic mass is 9.88. The van der Waals surface area contributed by atoms with E-state index in [0.717, 1.165) is 24.8 Å². The molecule has 2 nitrogen and oxygen atoms in total. The Bertz CT molecular complexity index is 402. The van der Waals surface area contributed by atoms with Gasteiger partial charge >= 0.3 is 0 Å². The molecule has 1 N–H and O–H groups in total. The molecule has 0 spiro atoms. The first-order valence-electron chi connectivity index (χ1n) is 8.18. The highest BCUT2D eigenvalue weighted by Gasteiger charge is 2.28. The summed E-state index contributed by atoms with van der Waals surface area (Å²) in [5.74, 6) is 2.51. The SMILES string of the molecule is CCCNCC1CCCC1c1cccc(OC(C)C)c1. The summed E-state index contributed by atoms with van der Waals surface area (Å²) in [5, 5.41) is 3.59. The van der Waals surface area contributed by atoms with Crippen LogP contribution in [0.3, 0.4) is 0 Å². The second kappa shape index (κ2) is 7.68. The number of hydrogen-bond donors (Lipinski definition) is 1. The van der Waals surface area contributed by atoms with Crippen LogP contribution in [0.25, 0.3) is 0 Å². The van der Waals surface area contributed by atoms with Gasteiger partial charge in [0.05, 0.1) is 6.10 Å². The van der Waals surface area contributed by atoms with Gasteiger partial charge in [0.25, 0.3) is 0 Å². The molecular formula is C18H29NO. The normalized spacial score (nSPS) is 22.4. The van der Waals surface area contributed by atoms with E-state index in [0.29, 0.717) is 5.92 Å². The molecule has 0 radical (unpaired) electrons. The smallest absolute Gasteiger partial charge is 0.119 e. The van der Waals surface area contributed by atoms with Gasteiger partial charge in [0.2, 0.25) is 0 Å². The molecule has 2 atom stereocenters. The Labute approximate surface area is 123 Å². The molecule has 0 aromatic heterocycles. The fourth-order valence-corrected chi connectivity index (χ4v) is 3.27. The zero-order valence-corrected chi connectivity index (χ0v) is 13.2. The van der Waals surface area contributed by atoms with Crippen molar-refractivity contribution in [2.45, 2.75) is 58.5 Å². The van der Waals surface area contributed by atoms with Gasteiger partial charge in [-0.1, -0.05) is 25.5 Å². The van der Waals surface area contributed by atoms with Crippen LogP contribution in [0.15, 0.2) is 24.3 Å². The predicted octanol–water partition coefficient (Wildman–Crippen LogP) is 4.36. The molecule has 1 aliphatic carbocycles.